The minimum Gasteiger partial charge on any atom is -0.395 e. The molecule has 1 aliphatic rings. The summed E-state index contributed by atoms with van der Waals surface area (Å²) < 4.78 is 13.5. The fraction of sp³-hybridized carbons (Fsp3) is 0.600. The summed E-state index contributed by atoms with van der Waals surface area (Å²) in [4.78, 5) is 4.50. The van der Waals surface area contributed by atoms with E-state index >= 15 is 0 Å². The number of benzene rings is 1. The first-order valence-electron chi connectivity index (χ1n) is 7.19. The van der Waals surface area contributed by atoms with E-state index in [9.17, 15) is 9.50 Å². The van der Waals surface area contributed by atoms with Crippen molar-refractivity contribution in [3.05, 3.63) is 35.6 Å². The van der Waals surface area contributed by atoms with E-state index in [1.54, 1.807) is 18.2 Å². The van der Waals surface area contributed by atoms with Crippen molar-refractivity contribution in [1.29, 1.82) is 0 Å². The molecule has 2 N–H and O–H groups in total. The van der Waals surface area contributed by atoms with Gasteiger partial charge in [-0.15, -0.1) is 0 Å². The second kappa shape index (κ2) is 7.69. The van der Waals surface area contributed by atoms with Crippen molar-refractivity contribution >= 4 is 0 Å². The Morgan fingerprint density at radius 1 is 1.05 bits per heavy atom. The van der Waals surface area contributed by atoms with Crippen LogP contribution in [0.2, 0.25) is 0 Å². The number of aliphatic hydroxyl groups is 2. The highest BCUT2D eigenvalue weighted by Gasteiger charge is 2.18. The monoisotopic (exact) mass is 282 g/mol. The SMILES string of the molecule is OCCN1CCN(CCC(O)c2ccccc2F)CC1. The summed E-state index contributed by atoms with van der Waals surface area (Å²) in [7, 11) is 0. The fourth-order valence-corrected chi connectivity index (χ4v) is 2.58. The second-order valence-corrected chi connectivity index (χ2v) is 5.23. The summed E-state index contributed by atoms with van der Waals surface area (Å²) in [6.07, 6.45) is -0.201. The molecule has 1 aliphatic heterocycles. The largest absolute Gasteiger partial charge is 0.395 e. The molecule has 20 heavy (non-hydrogen) atoms. The standard InChI is InChI=1S/C15H23FN2O2/c16-14-4-2-1-3-13(14)15(20)5-6-17-7-9-18(10-8-17)11-12-19/h1-4,15,19-20H,5-12H2. The van der Waals surface area contributed by atoms with Crippen molar-refractivity contribution in [3.63, 3.8) is 0 Å². The third-order valence-electron chi connectivity index (χ3n) is 3.86. The highest BCUT2D eigenvalue weighted by Crippen LogP contribution is 2.20. The molecule has 0 spiro atoms. The highest BCUT2D eigenvalue weighted by atomic mass is 19.1. The van der Waals surface area contributed by atoms with Gasteiger partial charge < -0.3 is 15.1 Å². The maximum absolute atomic E-state index is 13.5. The van der Waals surface area contributed by atoms with Crippen LogP contribution in [-0.2, 0) is 0 Å². The van der Waals surface area contributed by atoms with Gasteiger partial charge in [-0.25, -0.2) is 4.39 Å². The smallest absolute Gasteiger partial charge is 0.128 e. The van der Waals surface area contributed by atoms with E-state index in [1.807, 2.05) is 0 Å². The molecule has 0 radical (unpaired) electrons. The van der Waals surface area contributed by atoms with E-state index < -0.39 is 6.10 Å². The lowest BCUT2D eigenvalue weighted by molar-refractivity contribution is 0.0914. The highest BCUT2D eigenvalue weighted by molar-refractivity contribution is 5.19. The average Bonchev–Trinajstić information content (AvgIpc) is 2.47. The minimum absolute atomic E-state index is 0.200. The Balaban J connectivity index is 1.75. The molecule has 0 bridgehead atoms. The minimum atomic E-state index is -0.744. The summed E-state index contributed by atoms with van der Waals surface area (Å²) in [5.41, 5.74) is 0.381. The maximum atomic E-state index is 13.5. The molecule has 4 nitrogen and oxygen atoms in total. The van der Waals surface area contributed by atoms with E-state index in [0.29, 0.717) is 12.0 Å². The molecule has 112 valence electrons. The predicted octanol–water partition coefficient (Wildman–Crippen LogP) is 0.859. The van der Waals surface area contributed by atoms with Crippen molar-refractivity contribution in [2.75, 3.05) is 45.9 Å². The first-order valence-corrected chi connectivity index (χ1v) is 7.19. The molecule has 0 saturated carbocycles. The zero-order chi connectivity index (χ0) is 14.4. The van der Waals surface area contributed by atoms with Gasteiger partial charge in [0.05, 0.1) is 12.7 Å². The van der Waals surface area contributed by atoms with Crippen LogP contribution in [0.3, 0.4) is 0 Å². The van der Waals surface area contributed by atoms with Gasteiger partial charge >= 0.3 is 0 Å². The molecule has 1 saturated heterocycles. The van der Waals surface area contributed by atoms with Gasteiger partial charge in [0.1, 0.15) is 5.82 Å². The molecule has 0 aliphatic carbocycles. The summed E-state index contributed by atoms with van der Waals surface area (Å²) in [6.45, 7) is 5.45. The Morgan fingerprint density at radius 2 is 1.65 bits per heavy atom. The lowest BCUT2D eigenvalue weighted by Crippen LogP contribution is -2.47. The summed E-state index contributed by atoms with van der Waals surface area (Å²) >= 11 is 0. The predicted molar refractivity (Wildman–Crippen MR) is 75.9 cm³/mol. The molecule has 1 aromatic rings. The van der Waals surface area contributed by atoms with Crippen molar-refractivity contribution in [2.24, 2.45) is 0 Å². The van der Waals surface area contributed by atoms with Crippen LogP contribution in [0.4, 0.5) is 4.39 Å². The Labute approximate surface area is 119 Å². The summed E-state index contributed by atoms with van der Waals surface area (Å²) in [5.74, 6) is -0.340. The van der Waals surface area contributed by atoms with Gasteiger partial charge in [0.25, 0.3) is 0 Å². The van der Waals surface area contributed by atoms with Gasteiger partial charge in [-0.3, -0.25) is 4.90 Å². The molecule has 1 heterocycles. The Bertz CT molecular complexity index is 409. The molecule has 1 atom stereocenters. The summed E-state index contributed by atoms with van der Waals surface area (Å²) in [6, 6.07) is 6.40. The Hall–Kier alpha value is -1.01. The van der Waals surface area contributed by atoms with Gasteiger partial charge in [-0.05, 0) is 12.5 Å². The van der Waals surface area contributed by atoms with Crippen LogP contribution in [0.25, 0.3) is 0 Å². The number of aliphatic hydroxyl groups excluding tert-OH is 2. The number of rotatable bonds is 6. The fourth-order valence-electron chi connectivity index (χ4n) is 2.58. The molecule has 0 aromatic heterocycles. The van der Waals surface area contributed by atoms with Crippen LogP contribution in [0.15, 0.2) is 24.3 Å². The second-order valence-electron chi connectivity index (χ2n) is 5.23. The molecule has 2 rings (SSSR count). The van der Waals surface area contributed by atoms with Gasteiger partial charge in [0, 0.05) is 44.8 Å². The lowest BCUT2D eigenvalue weighted by atomic mass is 10.1. The first-order chi connectivity index (χ1) is 9.70. The number of hydrogen-bond donors (Lipinski definition) is 2. The topological polar surface area (TPSA) is 46.9 Å². The van der Waals surface area contributed by atoms with Crippen LogP contribution < -0.4 is 0 Å². The molecular formula is C15H23FN2O2. The van der Waals surface area contributed by atoms with Crippen molar-refractivity contribution in [2.45, 2.75) is 12.5 Å². The molecule has 1 unspecified atom stereocenters. The normalized spacial score (nSPS) is 19.1. The van der Waals surface area contributed by atoms with E-state index in [4.69, 9.17) is 5.11 Å². The van der Waals surface area contributed by atoms with Crippen LogP contribution in [0.5, 0.6) is 0 Å². The number of hydrogen-bond acceptors (Lipinski definition) is 4. The third kappa shape index (κ3) is 4.24. The van der Waals surface area contributed by atoms with Crippen LogP contribution in [-0.4, -0.2) is 65.9 Å². The number of β-amino-alcohol motifs (C(OH)–C–C–N with tert-alkyl or cyclic N) is 1. The van der Waals surface area contributed by atoms with Gasteiger partial charge in [-0.2, -0.15) is 0 Å². The molecule has 0 amide bonds. The van der Waals surface area contributed by atoms with Gasteiger partial charge in [0.15, 0.2) is 0 Å². The molecule has 1 fully saturated rings. The van der Waals surface area contributed by atoms with Crippen molar-refractivity contribution in [3.8, 4) is 0 Å². The quantitative estimate of drug-likeness (QED) is 0.812. The number of piperazine rings is 1. The maximum Gasteiger partial charge on any atom is 0.128 e. The zero-order valence-electron chi connectivity index (χ0n) is 11.7. The zero-order valence-corrected chi connectivity index (χ0v) is 11.7. The Kier molecular flexibility index (Phi) is 5.91. The molecule has 5 heteroatoms. The van der Waals surface area contributed by atoms with Crippen molar-refractivity contribution < 1.29 is 14.6 Å². The van der Waals surface area contributed by atoms with Gasteiger partial charge in [0.2, 0.25) is 0 Å². The van der Waals surface area contributed by atoms with E-state index in [1.165, 1.54) is 6.07 Å². The lowest BCUT2D eigenvalue weighted by Gasteiger charge is -2.34. The number of nitrogens with zero attached hydrogens (tertiary/aromatic N) is 2. The summed E-state index contributed by atoms with van der Waals surface area (Å²) in [5, 5.41) is 18.9. The van der Waals surface area contributed by atoms with Crippen LogP contribution in [0, 0.1) is 5.82 Å². The van der Waals surface area contributed by atoms with Crippen molar-refractivity contribution in [1.82, 2.24) is 9.80 Å². The molecular weight excluding hydrogens is 259 g/mol. The average molecular weight is 282 g/mol. The van der Waals surface area contributed by atoms with Crippen LogP contribution >= 0.6 is 0 Å². The van der Waals surface area contributed by atoms with E-state index in [0.717, 1.165) is 39.3 Å². The molecule has 1 aromatic carbocycles. The van der Waals surface area contributed by atoms with E-state index in [-0.39, 0.29) is 12.4 Å². The third-order valence-corrected chi connectivity index (χ3v) is 3.86. The van der Waals surface area contributed by atoms with Gasteiger partial charge in [-0.1, -0.05) is 18.2 Å². The Morgan fingerprint density at radius 3 is 2.25 bits per heavy atom. The first kappa shape index (κ1) is 15.4. The van der Waals surface area contributed by atoms with E-state index in [2.05, 4.69) is 9.80 Å². The number of halogens is 1. The van der Waals surface area contributed by atoms with Crippen LogP contribution in [0.1, 0.15) is 18.1 Å².